The highest BCUT2D eigenvalue weighted by molar-refractivity contribution is 7.13. The van der Waals surface area contributed by atoms with E-state index in [-0.39, 0.29) is 23.3 Å². The summed E-state index contributed by atoms with van der Waals surface area (Å²) in [5.41, 5.74) is 1.97. The van der Waals surface area contributed by atoms with Crippen LogP contribution >= 0.6 is 22.9 Å². The molecule has 6 nitrogen and oxygen atoms in total. The Morgan fingerprint density at radius 3 is 2.39 bits per heavy atom. The number of nitrogens with zero attached hydrogens (tertiary/aromatic N) is 1. The topological polar surface area (TPSA) is 85.4 Å². The second-order valence-electron chi connectivity index (χ2n) is 7.27. The number of carbonyl (C=O) groups excluding carboxylic acids is 3. The molecule has 31 heavy (non-hydrogen) atoms. The van der Waals surface area contributed by atoms with Crippen molar-refractivity contribution < 1.29 is 19.1 Å². The first-order chi connectivity index (χ1) is 14.8. The van der Waals surface area contributed by atoms with E-state index in [1.165, 1.54) is 11.3 Å². The number of amides is 1. The van der Waals surface area contributed by atoms with E-state index >= 15 is 0 Å². The third kappa shape index (κ3) is 6.47. The highest BCUT2D eigenvalue weighted by Gasteiger charge is 2.16. The predicted molar refractivity (Wildman–Crippen MR) is 122 cm³/mol. The van der Waals surface area contributed by atoms with Gasteiger partial charge in [0.2, 0.25) is 5.91 Å². The average molecular weight is 457 g/mol. The van der Waals surface area contributed by atoms with E-state index < -0.39 is 12.6 Å². The van der Waals surface area contributed by atoms with Gasteiger partial charge in [0.1, 0.15) is 5.01 Å². The SMILES string of the molecule is CC(C)CC(=O)Nc1ccc(C(=O)COC(=O)c2csc(-c3ccc(Cl)cc3)n2)cc1. The molecule has 0 spiro atoms. The van der Waals surface area contributed by atoms with E-state index in [0.29, 0.717) is 27.7 Å². The van der Waals surface area contributed by atoms with Crippen LogP contribution < -0.4 is 5.32 Å². The van der Waals surface area contributed by atoms with Crippen LogP contribution in [0.15, 0.2) is 53.9 Å². The number of hydrogen-bond donors (Lipinski definition) is 1. The van der Waals surface area contributed by atoms with Crippen LogP contribution in [0.25, 0.3) is 10.6 Å². The molecule has 0 aliphatic carbocycles. The van der Waals surface area contributed by atoms with Crippen LogP contribution in [0.4, 0.5) is 5.69 Å². The number of anilines is 1. The number of halogens is 1. The van der Waals surface area contributed by atoms with Gasteiger partial charge in [0.15, 0.2) is 18.1 Å². The monoisotopic (exact) mass is 456 g/mol. The molecule has 0 unspecified atom stereocenters. The van der Waals surface area contributed by atoms with Gasteiger partial charge in [0.25, 0.3) is 0 Å². The van der Waals surface area contributed by atoms with Gasteiger partial charge < -0.3 is 10.1 Å². The molecule has 3 aromatic rings. The zero-order valence-corrected chi connectivity index (χ0v) is 18.6. The van der Waals surface area contributed by atoms with Gasteiger partial charge in [-0.3, -0.25) is 9.59 Å². The fourth-order valence-corrected chi connectivity index (χ4v) is 3.62. The van der Waals surface area contributed by atoms with Crippen LogP contribution in [0.3, 0.4) is 0 Å². The van der Waals surface area contributed by atoms with Crippen LogP contribution in [-0.2, 0) is 9.53 Å². The van der Waals surface area contributed by atoms with E-state index in [0.717, 1.165) is 5.56 Å². The first-order valence-electron chi connectivity index (χ1n) is 9.63. The summed E-state index contributed by atoms with van der Waals surface area (Å²) in [6.07, 6.45) is 0.424. The highest BCUT2D eigenvalue weighted by Crippen LogP contribution is 2.25. The minimum Gasteiger partial charge on any atom is -0.453 e. The normalized spacial score (nSPS) is 10.7. The van der Waals surface area contributed by atoms with Gasteiger partial charge in [-0.05, 0) is 42.3 Å². The molecular weight excluding hydrogens is 436 g/mol. The smallest absolute Gasteiger partial charge is 0.358 e. The van der Waals surface area contributed by atoms with Crippen molar-refractivity contribution in [2.75, 3.05) is 11.9 Å². The number of hydrogen-bond acceptors (Lipinski definition) is 6. The summed E-state index contributed by atoms with van der Waals surface area (Å²) in [6.45, 7) is 3.53. The van der Waals surface area contributed by atoms with Gasteiger partial charge in [0.05, 0.1) is 0 Å². The molecule has 0 radical (unpaired) electrons. The molecule has 1 heterocycles. The Labute approximate surface area is 189 Å². The zero-order valence-electron chi connectivity index (χ0n) is 17.1. The van der Waals surface area contributed by atoms with E-state index in [1.807, 2.05) is 26.0 Å². The Morgan fingerprint density at radius 1 is 1.06 bits per heavy atom. The van der Waals surface area contributed by atoms with Crippen molar-refractivity contribution in [2.45, 2.75) is 20.3 Å². The van der Waals surface area contributed by atoms with Gasteiger partial charge in [-0.25, -0.2) is 9.78 Å². The number of carbonyl (C=O) groups is 3. The molecule has 0 aliphatic rings. The second kappa shape index (κ2) is 10.3. The lowest BCUT2D eigenvalue weighted by Gasteiger charge is -2.08. The Morgan fingerprint density at radius 2 is 1.74 bits per heavy atom. The molecule has 0 bridgehead atoms. The molecule has 3 rings (SSSR count). The van der Waals surface area contributed by atoms with Crippen molar-refractivity contribution >= 4 is 46.3 Å². The Balaban J connectivity index is 1.54. The highest BCUT2D eigenvalue weighted by atomic mass is 35.5. The maximum absolute atomic E-state index is 12.3. The summed E-state index contributed by atoms with van der Waals surface area (Å²) < 4.78 is 5.12. The predicted octanol–water partition coefficient (Wildman–Crippen LogP) is 5.49. The van der Waals surface area contributed by atoms with Crippen LogP contribution in [-0.4, -0.2) is 29.3 Å². The van der Waals surface area contributed by atoms with E-state index in [9.17, 15) is 14.4 Å². The summed E-state index contributed by atoms with van der Waals surface area (Å²) in [6, 6.07) is 13.6. The van der Waals surface area contributed by atoms with E-state index in [2.05, 4.69) is 10.3 Å². The van der Waals surface area contributed by atoms with Gasteiger partial charge in [-0.2, -0.15) is 0 Å². The largest absolute Gasteiger partial charge is 0.453 e. The first kappa shape index (κ1) is 22.7. The zero-order chi connectivity index (χ0) is 22.4. The molecule has 0 aliphatic heterocycles. The number of ether oxygens (including phenoxy) is 1. The van der Waals surface area contributed by atoms with Crippen LogP contribution in [0, 0.1) is 5.92 Å². The number of ketones is 1. The molecule has 160 valence electrons. The van der Waals surface area contributed by atoms with Crippen molar-refractivity contribution in [3.05, 3.63) is 70.2 Å². The lowest BCUT2D eigenvalue weighted by atomic mass is 10.1. The van der Waals surface area contributed by atoms with Gasteiger partial charge in [-0.1, -0.05) is 37.6 Å². The minimum atomic E-state index is -0.664. The third-order valence-corrected chi connectivity index (χ3v) is 5.37. The molecule has 2 aromatic carbocycles. The van der Waals surface area contributed by atoms with Crippen molar-refractivity contribution in [3.63, 3.8) is 0 Å². The minimum absolute atomic E-state index is 0.0794. The summed E-state index contributed by atoms with van der Waals surface area (Å²) in [7, 11) is 0. The number of benzene rings is 2. The van der Waals surface area contributed by atoms with Crippen LogP contribution in [0.2, 0.25) is 5.02 Å². The van der Waals surface area contributed by atoms with Crippen LogP contribution in [0.1, 0.15) is 41.1 Å². The number of esters is 1. The Kier molecular flexibility index (Phi) is 7.55. The van der Waals surface area contributed by atoms with Gasteiger partial charge in [-0.15, -0.1) is 11.3 Å². The standard InChI is InChI=1S/C23H21ClN2O4S/c1-14(2)11-21(28)25-18-9-5-15(6-10-18)20(27)12-30-23(29)19-13-31-22(26-19)16-3-7-17(24)8-4-16/h3-10,13-14H,11-12H2,1-2H3,(H,25,28). The molecule has 1 amide bonds. The molecule has 1 aromatic heterocycles. The maximum Gasteiger partial charge on any atom is 0.358 e. The number of Topliss-reactive ketones (excluding diaryl/α,β-unsaturated/α-hetero) is 1. The number of nitrogens with one attached hydrogen (secondary N) is 1. The Bertz CT molecular complexity index is 1080. The molecular formula is C23H21ClN2O4S. The van der Waals surface area contributed by atoms with Crippen LogP contribution in [0.5, 0.6) is 0 Å². The van der Waals surface area contributed by atoms with Crippen molar-refractivity contribution in [3.8, 4) is 10.6 Å². The number of thiazole rings is 1. The lowest BCUT2D eigenvalue weighted by Crippen LogP contribution is -2.15. The van der Waals surface area contributed by atoms with Crippen molar-refractivity contribution in [2.24, 2.45) is 5.92 Å². The van der Waals surface area contributed by atoms with E-state index in [4.69, 9.17) is 16.3 Å². The van der Waals surface area contributed by atoms with Gasteiger partial charge >= 0.3 is 5.97 Å². The number of aromatic nitrogens is 1. The fraction of sp³-hybridized carbons (Fsp3) is 0.217. The molecule has 0 saturated carbocycles. The summed E-state index contributed by atoms with van der Waals surface area (Å²) >= 11 is 7.19. The van der Waals surface area contributed by atoms with Crippen molar-refractivity contribution in [1.29, 1.82) is 0 Å². The lowest BCUT2D eigenvalue weighted by molar-refractivity contribution is -0.116. The second-order valence-corrected chi connectivity index (χ2v) is 8.56. The van der Waals surface area contributed by atoms with Gasteiger partial charge in [0, 0.05) is 33.6 Å². The summed E-state index contributed by atoms with van der Waals surface area (Å²) in [5, 5.41) is 5.64. The summed E-state index contributed by atoms with van der Waals surface area (Å²) in [5.74, 6) is -0.830. The third-order valence-electron chi connectivity index (χ3n) is 4.22. The molecule has 0 atom stereocenters. The molecule has 0 saturated heterocycles. The Hall–Kier alpha value is -3.03. The first-order valence-corrected chi connectivity index (χ1v) is 10.9. The number of rotatable bonds is 8. The van der Waals surface area contributed by atoms with E-state index in [1.54, 1.807) is 41.8 Å². The van der Waals surface area contributed by atoms with Crippen molar-refractivity contribution in [1.82, 2.24) is 4.98 Å². The average Bonchev–Trinajstić information content (AvgIpc) is 3.22. The molecule has 0 fully saturated rings. The maximum atomic E-state index is 12.3. The fourth-order valence-electron chi connectivity index (χ4n) is 2.70. The molecule has 8 heteroatoms. The quantitative estimate of drug-likeness (QED) is 0.358. The summed E-state index contributed by atoms with van der Waals surface area (Å²) in [4.78, 5) is 40.7. The molecule has 1 N–H and O–H groups in total.